The molecule has 0 saturated heterocycles. The molecule has 0 amide bonds. The molecule has 1 N–H and O–H groups in total. The Kier molecular flexibility index (Phi) is 4.26. The molecule has 0 bridgehead atoms. The van der Waals surface area contributed by atoms with Crippen LogP contribution in [0.5, 0.6) is 11.5 Å². The third kappa shape index (κ3) is 2.90. The number of aromatic hydroxyl groups is 1. The molecule has 0 aliphatic heterocycles. The van der Waals surface area contributed by atoms with Gasteiger partial charge in [0.05, 0.1) is 7.11 Å². The van der Waals surface area contributed by atoms with Crippen molar-refractivity contribution in [3.05, 3.63) is 57.1 Å². The van der Waals surface area contributed by atoms with E-state index in [0.29, 0.717) is 5.75 Å². The van der Waals surface area contributed by atoms with Crippen molar-refractivity contribution in [1.29, 1.82) is 0 Å². The third-order valence-electron chi connectivity index (χ3n) is 4.24. The molecule has 0 aromatic heterocycles. The Morgan fingerprint density at radius 1 is 0.857 bits per heavy atom. The molecule has 0 radical (unpaired) electrons. The maximum atomic E-state index is 10.4. The standard InChI is InChI=1S/C19H24O2/c1-11-7-12(2)16(13(3)8-11)10-17-15(5)18(21-6)9-14(4)19(17)20/h7-9,20H,10H2,1-6H3. The lowest BCUT2D eigenvalue weighted by molar-refractivity contribution is 0.406. The molecule has 0 saturated carbocycles. The van der Waals surface area contributed by atoms with Crippen LogP contribution < -0.4 is 4.74 Å². The third-order valence-corrected chi connectivity index (χ3v) is 4.24. The van der Waals surface area contributed by atoms with Crippen LogP contribution in [0.3, 0.4) is 0 Å². The number of benzene rings is 2. The minimum absolute atomic E-state index is 0.382. The number of phenols is 1. The molecule has 2 aromatic rings. The molecule has 2 aromatic carbocycles. The van der Waals surface area contributed by atoms with E-state index in [9.17, 15) is 5.11 Å². The summed E-state index contributed by atoms with van der Waals surface area (Å²) < 4.78 is 5.43. The van der Waals surface area contributed by atoms with E-state index in [0.717, 1.165) is 28.9 Å². The highest BCUT2D eigenvalue weighted by molar-refractivity contribution is 5.55. The van der Waals surface area contributed by atoms with E-state index >= 15 is 0 Å². The van der Waals surface area contributed by atoms with Crippen LogP contribution in [0, 0.1) is 34.6 Å². The number of methoxy groups -OCH3 is 1. The predicted octanol–water partition coefficient (Wildman–Crippen LogP) is 4.53. The lowest BCUT2D eigenvalue weighted by Crippen LogP contribution is -2.01. The van der Waals surface area contributed by atoms with Crippen molar-refractivity contribution in [2.45, 2.75) is 41.0 Å². The van der Waals surface area contributed by atoms with Gasteiger partial charge in [-0.25, -0.2) is 0 Å². The van der Waals surface area contributed by atoms with Crippen LogP contribution in [0.2, 0.25) is 0 Å². The molecular weight excluding hydrogens is 260 g/mol. The molecule has 0 heterocycles. The zero-order valence-electron chi connectivity index (χ0n) is 13.8. The Morgan fingerprint density at radius 2 is 1.43 bits per heavy atom. The Morgan fingerprint density at radius 3 is 1.95 bits per heavy atom. The van der Waals surface area contributed by atoms with Crippen LogP contribution in [0.25, 0.3) is 0 Å². The molecule has 112 valence electrons. The zero-order chi connectivity index (χ0) is 15.7. The quantitative estimate of drug-likeness (QED) is 0.897. The van der Waals surface area contributed by atoms with Crippen molar-refractivity contribution >= 4 is 0 Å². The first kappa shape index (κ1) is 15.4. The zero-order valence-corrected chi connectivity index (χ0v) is 13.8. The maximum absolute atomic E-state index is 10.4. The average molecular weight is 284 g/mol. The van der Waals surface area contributed by atoms with Gasteiger partial charge in [-0.15, -0.1) is 0 Å². The SMILES string of the molecule is COc1cc(C)c(O)c(Cc2c(C)cc(C)cc2C)c1C. The van der Waals surface area contributed by atoms with Crippen molar-refractivity contribution in [3.8, 4) is 11.5 Å². The molecule has 0 spiro atoms. The summed E-state index contributed by atoms with van der Waals surface area (Å²) in [6, 6.07) is 6.28. The lowest BCUT2D eigenvalue weighted by Gasteiger charge is -2.17. The van der Waals surface area contributed by atoms with E-state index in [1.54, 1.807) is 7.11 Å². The predicted molar refractivity (Wildman–Crippen MR) is 87.6 cm³/mol. The van der Waals surface area contributed by atoms with Crippen molar-refractivity contribution in [3.63, 3.8) is 0 Å². The van der Waals surface area contributed by atoms with Crippen molar-refractivity contribution in [2.75, 3.05) is 7.11 Å². The smallest absolute Gasteiger partial charge is 0.122 e. The Hall–Kier alpha value is -1.96. The number of hydrogen-bond acceptors (Lipinski definition) is 2. The highest BCUT2D eigenvalue weighted by atomic mass is 16.5. The summed E-state index contributed by atoms with van der Waals surface area (Å²) in [7, 11) is 1.67. The van der Waals surface area contributed by atoms with Crippen LogP contribution in [0.1, 0.15) is 38.9 Å². The summed E-state index contributed by atoms with van der Waals surface area (Å²) in [5.74, 6) is 1.22. The van der Waals surface area contributed by atoms with Crippen LogP contribution in [0.15, 0.2) is 18.2 Å². The van der Waals surface area contributed by atoms with E-state index in [4.69, 9.17) is 4.74 Å². The van der Waals surface area contributed by atoms with Gasteiger partial charge in [0.1, 0.15) is 11.5 Å². The summed E-state index contributed by atoms with van der Waals surface area (Å²) in [5.41, 5.74) is 7.93. The fraction of sp³-hybridized carbons (Fsp3) is 0.368. The van der Waals surface area contributed by atoms with E-state index in [1.165, 1.54) is 22.3 Å². The van der Waals surface area contributed by atoms with Crippen LogP contribution in [-0.2, 0) is 6.42 Å². The minimum atomic E-state index is 0.382. The maximum Gasteiger partial charge on any atom is 0.122 e. The first-order chi connectivity index (χ1) is 9.85. The van der Waals surface area contributed by atoms with Gasteiger partial charge in [-0.1, -0.05) is 17.7 Å². The second-order valence-electron chi connectivity index (χ2n) is 5.90. The van der Waals surface area contributed by atoms with Gasteiger partial charge in [-0.05, 0) is 68.5 Å². The van der Waals surface area contributed by atoms with E-state index in [-0.39, 0.29) is 0 Å². The summed E-state index contributed by atoms with van der Waals surface area (Å²) in [6.45, 7) is 10.3. The number of rotatable bonds is 3. The van der Waals surface area contributed by atoms with Crippen LogP contribution in [0.4, 0.5) is 0 Å². The Balaban J connectivity index is 2.57. The molecule has 0 atom stereocenters. The number of phenolic OH excluding ortho intramolecular Hbond substituents is 1. The topological polar surface area (TPSA) is 29.5 Å². The minimum Gasteiger partial charge on any atom is -0.507 e. The molecule has 0 aliphatic rings. The molecule has 0 unspecified atom stereocenters. The molecule has 0 fully saturated rings. The van der Waals surface area contributed by atoms with Gasteiger partial charge < -0.3 is 9.84 Å². The Bertz CT molecular complexity index is 661. The van der Waals surface area contributed by atoms with E-state index in [2.05, 4.69) is 32.9 Å². The monoisotopic (exact) mass is 284 g/mol. The fourth-order valence-electron chi connectivity index (χ4n) is 3.03. The largest absolute Gasteiger partial charge is 0.507 e. The molecule has 2 rings (SSSR count). The van der Waals surface area contributed by atoms with Crippen molar-refractivity contribution in [2.24, 2.45) is 0 Å². The number of ether oxygens (including phenoxy) is 1. The second kappa shape index (κ2) is 5.80. The van der Waals surface area contributed by atoms with Gasteiger partial charge in [-0.2, -0.15) is 0 Å². The van der Waals surface area contributed by atoms with Gasteiger partial charge in [-0.3, -0.25) is 0 Å². The fourth-order valence-corrected chi connectivity index (χ4v) is 3.03. The van der Waals surface area contributed by atoms with Gasteiger partial charge in [0.25, 0.3) is 0 Å². The van der Waals surface area contributed by atoms with Gasteiger partial charge in [0.15, 0.2) is 0 Å². The van der Waals surface area contributed by atoms with Crippen molar-refractivity contribution < 1.29 is 9.84 Å². The molecule has 0 aliphatic carbocycles. The highest BCUT2D eigenvalue weighted by Gasteiger charge is 2.15. The van der Waals surface area contributed by atoms with Crippen LogP contribution in [-0.4, -0.2) is 12.2 Å². The molecule has 2 heteroatoms. The Labute approximate surface area is 127 Å². The van der Waals surface area contributed by atoms with Crippen molar-refractivity contribution in [1.82, 2.24) is 0 Å². The lowest BCUT2D eigenvalue weighted by atomic mass is 9.91. The second-order valence-corrected chi connectivity index (χ2v) is 5.90. The van der Waals surface area contributed by atoms with Crippen LogP contribution >= 0.6 is 0 Å². The number of aryl methyl sites for hydroxylation is 4. The van der Waals surface area contributed by atoms with Gasteiger partial charge in [0, 0.05) is 12.0 Å². The number of hydrogen-bond donors (Lipinski definition) is 1. The van der Waals surface area contributed by atoms with Gasteiger partial charge >= 0.3 is 0 Å². The molecule has 2 nitrogen and oxygen atoms in total. The average Bonchev–Trinajstić information content (AvgIpc) is 2.41. The highest BCUT2D eigenvalue weighted by Crippen LogP contribution is 2.35. The molecule has 21 heavy (non-hydrogen) atoms. The van der Waals surface area contributed by atoms with E-state index < -0.39 is 0 Å². The summed E-state index contributed by atoms with van der Waals surface area (Å²) in [6.07, 6.45) is 0.730. The van der Waals surface area contributed by atoms with E-state index in [1.807, 2.05) is 19.9 Å². The first-order valence-electron chi connectivity index (χ1n) is 7.28. The summed E-state index contributed by atoms with van der Waals surface area (Å²) in [5, 5.41) is 10.4. The summed E-state index contributed by atoms with van der Waals surface area (Å²) in [4.78, 5) is 0. The first-order valence-corrected chi connectivity index (χ1v) is 7.28. The summed E-state index contributed by atoms with van der Waals surface area (Å²) >= 11 is 0. The van der Waals surface area contributed by atoms with Gasteiger partial charge in [0.2, 0.25) is 0 Å². The normalized spacial score (nSPS) is 10.8. The molecular formula is C19H24O2.